The Bertz CT molecular complexity index is 756. The molecule has 3 rings (SSSR count). The van der Waals surface area contributed by atoms with Crippen LogP contribution in [0.1, 0.15) is 23.9 Å². The van der Waals surface area contributed by atoms with E-state index in [2.05, 4.69) is 0 Å². The first kappa shape index (κ1) is 16.2. The van der Waals surface area contributed by atoms with Gasteiger partial charge in [0.05, 0.1) is 5.56 Å². The number of benzene rings is 1. The molecular formula is C18H19FN2O3. The number of carbonyl (C=O) groups excluding carboxylic acids is 2. The number of nitrogens with zero attached hydrogens (tertiary/aromatic N) is 2. The predicted molar refractivity (Wildman–Crippen MR) is 86.9 cm³/mol. The van der Waals surface area contributed by atoms with Crippen LogP contribution in [0.3, 0.4) is 0 Å². The zero-order valence-electron chi connectivity index (χ0n) is 13.5. The van der Waals surface area contributed by atoms with Crippen LogP contribution in [0.15, 0.2) is 40.8 Å². The van der Waals surface area contributed by atoms with E-state index in [9.17, 15) is 14.0 Å². The smallest absolute Gasteiger partial charge is 0.289 e. The van der Waals surface area contributed by atoms with Gasteiger partial charge >= 0.3 is 0 Å². The predicted octanol–water partition coefficient (Wildman–Crippen LogP) is 2.78. The fraction of sp³-hybridized carbons (Fsp3) is 0.333. The highest BCUT2D eigenvalue weighted by atomic mass is 19.1. The van der Waals surface area contributed by atoms with E-state index < -0.39 is 5.82 Å². The van der Waals surface area contributed by atoms with Crippen LogP contribution < -0.4 is 0 Å². The molecule has 24 heavy (non-hydrogen) atoms. The van der Waals surface area contributed by atoms with Crippen molar-refractivity contribution in [3.63, 3.8) is 0 Å². The summed E-state index contributed by atoms with van der Waals surface area (Å²) in [5.41, 5.74) is 0.329. The number of carbonyl (C=O) groups is 2. The number of rotatable bonds is 2. The van der Waals surface area contributed by atoms with Gasteiger partial charge in [0.25, 0.3) is 5.91 Å². The Hall–Kier alpha value is -2.63. The molecule has 0 bridgehead atoms. The van der Waals surface area contributed by atoms with E-state index in [1.165, 1.54) is 13.0 Å². The highest BCUT2D eigenvalue weighted by Gasteiger charge is 2.23. The van der Waals surface area contributed by atoms with Crippen molar-refractivity contribution in [2.45, 2.75) is 13.3 Å². The summed E-state index contributed by atoms with van der Waals surface area (Å²) in [5, 5.41) is 0. The molecule has 0 N–H and O–H groups in total. The van der Waals surface area contributed by atoms with E-state index in [0.717, 1.165) is 6.42 Å². The maximum Gasteiger partial charge on any atom is 0.289 e. The molecule has 1 aliphatic heterocycles. The minimum Gasteiger partial charge on any atom is -0.451 e. The van der Waals surface area contributed by atoms with Crippen molar-refractivity contribution in [1.29, 1.82) is 0 Å². The summed E-state index contributed by atoms with van der Waals surface area (Å²) in [5.74, 6) is -0.0917. The van der Waals surface area contributed by atoms with Crippen LogP contribution in [-0.4, -0.2) is 47.8 Å². The Kier molecular flexibility index (Phi) is 4.64. The summed E-state index contributed by atoms with van der Waals surface area (Å²) < 4.78 is 19.4. The van der Waals surface area contributed by atoms with Gasteiger partial charge in [-0.3, -0.25) is 9.59 Å². The van der Waals surface area contributed by atoms with Crippen LogP contribution in [-0.2, 0) is 4.79 Å². The first-order chi connectivity index (χ1) is 11.6. The maximum absolute atomic E-state index is 13.8. The Balaban J connectivity index is 1.74. The van der Waals surface area contributed by atoms with Crippen LogP contribution in [0.25, 0.3) is 11.3 Å². The van der Waals surface area contributed by atoms with E-state index in [0.29, 0.717) is 37.5 Å². The third-order valence-corrected chi connectivity index (χ3v) is 4.18. The van der Waals surface area contributed by atoms with Gasteiger partial charge < -0.3 is 14.2 Å². The summed E-state index contributed by atoms with van der Waals surface area (Å²) >= 11 is 0. The Labute approximate surface area is 139 Å². The fourth-order valence-electron chi connectivity index (χ4n) is 2.85. The molecule has 126 valence electrons. The van der Waals surface area contributed by atoms with Crippen molar-refractivity contribution in [3.05, 3.63) is 48.0 Å². The molecule has 0 spiro atoms. The van der Waals surface area contributed by atoms with Gasteiger partial charge in [-0.2, -0.15) is 0 Å². The summed E-state index contributed by atoms with van der Waals surface area (Å²) in [6.07, 6.45) is 0.728. The average Bonchev–Trinajstić information content (AvgIpc) is 2.91. The molecule has 2 aromatic rings. The second-order valence-electron chi connectivity index (χ2n) is 5.80. The normalized spacial score (nSPS) is 15.2. The summed E-state index contributed by atoms with van der Waals surface area (Å²) in [7, 11) is 0. The topological polar surface area (TPSA) is 53.8 Å². The minimum atomic E-state index is -0.391. The van der Waals surface area contributed by atoms with E-state index in [1.807, 2.05) is 0 Å². The number of furan rings is 1. The van der Waals surface area contributed by atoms with Gasteiger partial charge in [0.15, 0.2) is 5.76 Å². The molecule has 0 unspecified atom stereocenters. The maximum atomic E-state index is 13.8. The molecule has 0 radical (unpaired) electrons. The van der Waals surface area contributed by atoms with Crippen molar-refractivity contribution >= 4 is 11.8 Å². The SMILES string of the molecule is CC(=O)N1CCCN(C(=O)c2ccc(-c3ccccc3F)o2)CC1. The lowest BCUT2D eigenvalue weighted by atomic mass is 10.1. The molecule has 0 aliphatic carbocycles. The largest absolute Gasteiger partial charge is 0.451 e. The van der Waals surface area contributed by atoms with E-state index >= 15 is 0 Å². The van der Waals surface area contributed by atoms with Crippen LogP contribution in [0.4, 0.5) is 4.39 Å². The van der Waals surface area contributed by atoms with Crippen molar-refractivity contribution in [2.24, 2.45) is 0 Å². The van der Waals surface area contributed by atoms with Crippen molar-refractivity contribution in [1.82, 2.24) is 9.80 Å². The summed E-state index contributed by atoms with van der Waals surface area (Å²) in [4.78, 5) is 27.5. The van der Waals surface area contributed by atoms with Crippen molar-refractivity contribution < 1.29 is 18.4 Å². The number of hydrogen-bond acceptors (Lipinski definition) is 3. The van der Waals surface area contributed by atoms with Crippen LogP contribution in [0, 0.1) is 5.82 Å². The number of hydrogen-bond donors (Lipinski definition) is 0. The van der Waals surface area contributed by atoms with Crippen LogP contribution >= 0.6 is 0 Å². The molecule has 1 saturated heterocycles. The first-order valence-electron chi connectivity index (χ1n) is 7.96. The van der Waals surface area contributed by atoms with Gasteiger partial charge in [-0.25, -0.2) is 4.39 Å². The Morgan fingerprint density at radius 2 is 1.71 bits per heavy atom. The zero-order chi connectivity index (χ0) is 17.1. The molecule has 0 saturated carbocycles. The molecule has 0 atom stereocenters. The zero-order valence-corrected chi connectivity index (χ0v) is 13.5. The third kappa shape index (κ3) is 3.32. The third-order valence-electron chi connectivity index (χ3n) is 4.18. The fourth-order valence-corrected chi connectivity index (χ4v) is 2.85. The van der Waals surface area contributed by atoms with Gasteiger partial charge in [-0.1, -0.05) is 12.1 Å². The highest BCUT2D eigenvalue weighted by Crippen LogP contribution is 2.25. The lowest BCUT2D eigenvalue weighted by Gasteiger charge is -2.20. The lowest BCUT2D eigenvalue weighted by molar-refractivity contribution is -0.128. The molecule has 6 heteroatoms. The van der Waals surface area contributed by atoms with Crippen molar-refractivity contribution in [2.75, 3.05) is 26.2 Å². The van der Waals surface area contributed by atoms with Gasteiger partial charge in [0, 0.05) is 33.1 Å². The minimum absolute atomic E-state index is 0.0177. The van der Waals surface area contributed by atoms with Gasteiger partial charge in [0.1, 0.15) is 11.6 Å². The molecular weight excluding hydrogens is 311 g/mol. The number of halogens is 1. The first-order valence-corrected chi connectivity index (χ1v) is 7.96. The summed E-state index contributed by atoms with van der Waals surface area (Å²) in [6, 6.07) is 9.45. The van der Waals surface area contributed by atoms with Gasteiger partial charge in [-0.15, -0.1) is 0 Å². The monoisotopic (exact) mass is 330 g/mol. The quantitative estimate of drug-likeness (QED) is 0.851. The molecule has 1 aromatic carbocycles. The highest BCUT2D eigenvalue weighted by molar-refractivity contribution is 5.92. The molecule has 1 aliphatic rings. The van der Waals surface area contributed by atoms with Crippen LogP contribution in [0.5, 0.6) is 0 Å². The molecule has 2 heterocycles. The van der Waals surface area contributed by atoms with Gasteiger partial charge in [-0.05, 0) is 30.7 Å². The Morgan fingerprint density at radius 3 is 2.46 bits per heavy atom. The van der Waals surface area contributed by atoms with Crippen LogP contribution in [0.2, 0.25) is 0 Å². The van der Waals surface area contributed by atoms with E-state index in [4.69, 9.17) is 4.42 Å². The van der Waals surface area contributed by atoms with Crippen molar-refractivity contribution in [3.8, 4) is 11.3 Å². The second-order valence-corrected chi connectivity index (χ2v) is 5.80. The molecule has 1 aromatic heterocycles. The Morgan fingerprint density at radius 1 is 1.00 bits per heavy atom. The van der Waals surface area contributed by atoms with E-state index in [1.54, 1.807) is 40.1 Å². The number of amides is 2. The standard InChI is InChI=1S/C18H19FN2O3/c1-13(22)20-9-4-10-21(12-11-20)18(23)17-8-7-16(24-17)14-5-2-3-6-15(14)19/h2-3,5-8H,4,9-12H2,1H3. The molecule has 5 nitrogen and oxygen atoms in total. The molecule has 2 amide bonds. The van der Waals surface area contributed by atoms with Gasteiger partial charge in [0.2, 0.25) is 5.91 Å². The lowest BCUT2D eigenvalue weighted by Crippen LogP contribution is -2.36. The van der Waals surface area contributed by atoms with E-state index in [-0.39, 0.29) is 17.6 Å². The second kappa shape index (κ2) is 6.86. The average molecular weight is 330 g/mol. The summed E-state index contributed by atoms with van der Waals surface area (Å²) in [6.45, 7) is 3.73. The molecule has 1 fully saturated rings.